The van der Waals surface area contributed by atoms with Crippen molar-refractivity contribution in [1.82, 2.24) is 4.90 Å². The van der Waals surface area contributed by atoms with E-state index in [4.69, 9.17) is 4.74 Å². The summed E-state index contributed by atoms with van der Waals surface area (Å²) < 4.78 is 5.66. The second kappa shape index (κ2) is 7.48. The van der Waals surface area contributed by atoms with Gasteiger partial charge in [-0.05, 0) is 42.7 Å². The Bertz CT molecular complexity index is 562. The van der Waals surface area contributed by atoms with E-state index in [-0.39, 0.29) is 5.91 Å². The van der Waals surface area contributed by atoms with Gasteiger partial charge in [-0.3, -0.25) is 4.79 Å². The van der Waals surface area contributed by atoms with Crippen molar-refractivity contribution >= 4 is 5.91 Å². The summed E-state index contributed by atoms with van der Waals surface area (Å²) in [5.41, 5.74) is 1.95. The minimum absolute atomic E-state index is 0.0361. The summed E-state index contributed by atoms with van der Waals surface area (Å²) >= 11 is 0. The summed E-state index contributed by atoms with van der Waals surface area (Å²) in [5, 5.41) is 0. The SMILES string of the molecule is CN(C)C(=O)c1ccc(CCCOc2ccccc2)cc1. The van der Waals surface area contributed by atoms with Gasteiger partial charge in [0.25, 0.3) is 5.91 Å². The first kappa shape index (κ1) is 15.1. The molecule has 0 unspecified atom stereocenters. The molecule has 0 saturated heterocycles. The molecule has 21 heavy (non-hydrogen) atoms. The lowest BCUT2D eigenvalue weighted by Gasteiger charge is -2.10. The fraction of sp³-hybridized carbons (Fsp3) is 0.278. The first-order chi connectivity index (χ1) is 10.2. The number of carbonyl (C=O) groups excluding carboxylic acids is 1. The topological polar surface area (TPSA) is 29.5 Å². The molecule has 0 atom stereocenters. The van der Waals surface area contributed by atoms with Crippen LogP contribution in [0.3, 0.4) is 0 Å². The highest BCUT2D eigenvalue weighted by Gasteiger charge is 2.06. The van der Waals surface area contributed by atoms with Crippen LogP contribution in [0.25, 0.3) is 0 Å². The van der Waals surface area contributed by atoms with E-state index in [2.05, 4.69) is 0 Å². The summed E-state index contributed by atoms with van der Waals surface area (Å²) in [6.45, 7) is 0.697. The van der Waals surface area contributed by atoms with E-state index in [1.54, 1.807) is 19.0 Å². The minimum atomic E-state index is 0.0361. The van der Waals surface area contributed by atoms with Crippen LogP contribution in [0.15, 0.2) is 54.6 Å². The van der Waals surface area contributed by atoms with Gasteiger partial charge in [0.15, 0.2) is 0 Å². The molecule has 0 fully saturated rings. The van der Waals surface area contributed by atoms with E-state index in [1.165, 1.54) is 5.56 Å². The molecule has 0 radical (unpaired) electrons. The van der Waals surface area contributed by atoms with Gasteiger partial charge in [0.05, 0.1) is 6.61 Å². The molecule has 2 aromatic rings. The monoisotopic (exact) mass is 283 g/mol. The largest absolute Gasteiger partial charge is 0.494 e. The third kappa shape index (κ3) is 4.63. The maximum absolute atomic E-state index is 11.8. The summed E-state index contributed by atoms with van der Waals surface area (Å²) in [5.74, 6) is 0.943. The molecule has 0 saturated carbocycles. The number of hydrogen-bond acceptors (Lipinski definition) is 2. The van der Waals surface area contributed by atoms with E-state index < -0.39 is 0 Å². The Balaban J connectivity index is 1.77. The van der Waals surface area contributed by atoms with Gasteiger partial charge in [0, 0.05) is 19.7 Å². The third-order valence-electron chi connectivity index (χ3n) is 3.23. The maximum atomic E-state index is 11.8. The first-order valence-electron chi connectivity index (χ1n) is 7.15. The molecular weight excluding hydrogens is 262 g/mol. The number of ether oxygens (including phenoxy) is 1. The van der Waals surface area contributed by atoms with Gasteiger partial charge in [-0.1, -0.05) is 30.3 Å². The van der Waals surface area contributed by atoms with Crippen molar-refractivity contribution in [1.29, 1.82) is 0 Å². The van der Waals surface area contributed by atoms with Crippen molar-refractivity contribution in [3.8, 4) is 5.75 Å². The second-order valence-corrected chi connectivity index (χ2v) is 5.16. The van der Waals surface area contributed by atoms with Crippen LogP contribution in [0, 0.1) is 0 Å². The lowest BCUT2D eigenvalue weighted by atomic mass is 10.1. The second-order valence-electron chi connectivity index (χ2n) is 5.16. The van der Waals surface area contributed by atoms with Crippen LogP contribution < -0.4 is 4.74 Å². The minimum Gasteiger partial charge on any atom is -0.494 e. The Morgan fingerprint density at radius 3 is 2.29 bits per heavy atom. The number of amides is 1. The van der Waals surface area contributed by atoms with Crippen LogP contribution >= 0.6 is 0 Å². The van der Waals surface area contributed by atoms with Gasteiger partial charge >= 0.3 is 0 Å². The average molecular weight is 283 g/mol. The number of aryl methyl sites for hydroxylation is 1. The van der Waals surface area contributed by atoms with Crippen LogP contribution in [-0.4, -0.2) is 31.5 Å². The molecule has 2 rings (SSSR count). The maximum Gasteiger partial charge on any atom is 0.253 e. The molecule has 0 aliphatic heterocycles. The van der Waals surface area contributed by atoms with Gasteiger partial charge in [-0.25, -0.2) is 0 Å². The third-order valence-corrected chi connectivity index (χ3v) is 3.23. The van der Waals surface area contributed by atoms with E-state index in [0.29, 0.717) is 6.61 Å². The van der Waals surface area contributed by atoms with E-state index in [1.807, 2.05) is 54.6 Å². The van der Waals surface area contributed by atoms with E-state index in [0.717, 1.165) is 24.2 Å². The highest BCUT2D eigenvalue weighted by molar-refractivity contribution is 5.93. The van der Waals surface area contributed by atoms with Crippen molar-refractivity contribution in [3.63, 3.8) is 0 Å². The molecule has 0 heterocycles. The van der Waals surface area contributed by atoms with Crippen molar-refractivity contribution in [2.24, 2.45) is 0 Å². The summed E-state index contributed by atoms with van der Waals surface area (Å²) in [6.07, 6.45) is 1.90. The van der Waals surface area contributed by atoms with Gasteiger partial charge in [-0.15, -0.1) is 0 Å². The first-order valence-corrected chi connectivity index (χ1v) is 7.15. The van der Waals surface area contributed by atoms with Crippen LogP contribution in [0.4, 0.5) is 0 Å². The molecule has 0 aliphatic rings. The molecule has 0 aromatic heterocycles. The van der Waals surface area contributed by atoms with Gasteiger partial charge < -0.3 is 9.64 Å². The standard InChI is InChI=1S/C18H21NO2/c1-19(2)18(20)16-12-10-15(11-13-16)7-6-14-21-17-8-4-3-5-9-17/h3-5,8-13H,6-7,14H2,1-2H3. The fourth-order valence-corrected chi connectivity index (χ4v) is 2.06. The van der Waals surface area contributed by atoms with Crippen LogP contribution in [0.5, 0.6) is 5.75 Å². The normalized spacial score (nSPS) is 10.2. The Hall–Kier alpha value is -2.29. The molecule has 3 heteroatoms. The summed E-state index contributed by atoms with van der Waals surface area (Å²) in [6, 6.07) is 17.6. The van der Waals surface area contributed by atoms with E-state index >= 15 is 0 Å². The number of para-hydroxylation sites is 1. The Labute approximate surface area is 126 Å². The zero-order valence-corrected chi connectivity index (χ0v) is 12.6. The smallest absolute Gasteiger partial charge is 0.253 e. The van der Waals surface area contributed by atoms with Crippen molar-refractivity contribution < 1.29 is 9.53 Å². The van der Waals surface area contributed by atoms with Crippen LogP contribution in [0.1, 0.15) is 22.3 Å². The molecule has 3 nitrogen and oxygen atoms in total. The molecule has 0 spiro atoms. The van der Waals surface area contributed by atoms with Gasteiger partial charge in [-0.2, -0.15) is 0 Å². The quantitative estimate of drug-likeness (QED) is 0.760. The lowest BCUT2D eigenvalue weighted by Crippen LogP contribution is -2.21. The zero-order valence-electron chi connectivity index (χ0n) is 12.6. The molecule has 0 N–H and O–H groups in total. The predicted molar refractivity (Wildman–Crippen MR) is 84.7 cm³/mol. The molecule has 0 aliphatic carbocycles. The highest BCUT2D eigenvalue weighted by Crippen LogP contribution is 2.11. The van der Waals surface area contributed by atoms with Crippen LogP contribution in [0.2, 0.25) is 0 Å². The number of hydrogen-bond donors (Lipinski definition) is 0. The van der Waals surface area contributed by atoms with Gasteiger partial charge in [0.2, 0.25) is 0 Å². The number of nitrogens with zero attached hydrogens (tertiary/aromatic N) is 1. The number of benzene rings is 2. The Kier molecular flexibility index (Phi) is 5.38. The van der Waals surface area contributed by atoms with Crippen molar-refractivity contribution in [3.05, 3.63) is 65.7 Å². The van der Waals surface area contributed by atoms with Crippen molar-refractivity contribution in [2.75, 3.05) is 20.7 Å². The molecular formula is C18H21NO2. The molecule has 2 aromatic carbocycles. The zero-order chi connectivity index (χ0) is 15.1. The van der Waals surface area contributed by atoms with Crippen molar-refractivity contribution in [2.45, 2.75) is 12.8 Å². The highest BCUT2D eigenvalue weighted by atomic mass is 16.5. The lowest BCUT2D eigenvalue weighted by molar-refractivity contribution is 0.0827. The van der Waals surface area contributed by atoms with Crippen LogP contribution in [-0.2, 0) is 6.42 Å². The predicted octanol–water partition coefficient (Wildman–Crippen LogP) is 3.40. The fourth-order valence-electron chi connectivity index (χ4n) is 2.06. The van der Waals surface area contributed by atoms with Gasteiger partial charge in [0.1, 0.15) is 5.75 Å². The summed E-state index contributed by atoms with van der Waals surface area (Å²) in [4.78, 5) is 13.4. The summed E-state index contributed by atoms with van der Waals surface area (Å²) in [7, 11) is 3.52. The number of carbonyl (C=O) groups is 1. The molecule has 110 valence electrons. The average Bonchev–Trinajstić information content (AvgIpc) is 2.52. The molecule has 0 bridgehead atoms. The Morgan fingerprint density at radius 2 is 1.67 bits per heavy atom. The number of rotatable bonds is 6. The Morgan fingerprint density at radius 1 is 1.00 bits per heavy atom. The molecule has 1 amide bonds. The van der Waals surface area contributed by atoms with E-state index in [9.17, 15) is 4.79 Å².